The van der Waals surface area contributed by atoms with Crippen molar-refractivity contribution in [2.75, 3.05) is 19.8 Å². The summed E-state index contributed by atoms with van der Waals surface area (Å²) in [5.41, 5.74) is 6.46. The Labute approximate surface area is 284 Å². The van der Waals surface area contributed by atoms with Crippen molar-refractivity contribution in [2.45, 2.75) is 56.4 Å². The van der Waals surface area contributed by atoms with Crippen molar-refractivity contribution in [3.05, 3.63) is 130 Å². The second-order valence-electron chi connectivity index (χ2n) is 12.9. The minimum atomic E-state index is -0.972. The maximum Gasteiger partial charge on any atom is 0.262 e. The van der Waals surface area contributed by atoms with Gasteiger partial charge >= 0.3 is 0 Å². The quantitative estimate of drug-likeness (QED) is 0.157. The summed E-state index contributed by atoms with van der Waals surface area (Å²) in [5, 5.41) is 12.3. The highest BCUT2D eigenvalue weighted by Gasteiger charge is 2.44. The first-order valence-electron chi connectivity index (χ1n) is 16.9. The summed E-state index contributed by atoms with van der Waals surface area (Å²) in [6.45, 7) is 1.34. The monoisotopic (exact) mass is 658 g/mol. The number of aryl methyl sites for hydroxylation is 2. The van der Waals surface area contributed by atoms with Gasteiger partial charge in [0, 0.05) is 18.9 Å². The molecule has 4 amide bonds. The Balaban J connectivity index is 0.889. The first-order valence-corrected chi connectivity index (χ1v) is 16.9. The van der Waals surface area contributed by atoms with Crippen LogP contribution in [0.4, 0.5) is 0 Å². The number of hydrogen-bond donors (Lipinski definition) is 2. The average molecular weight is 659 g/mol. The third kappa shape index (κ3) is 6.71. The Morgan fingerprint density at radius 1 is 0.755 bits per heavy atom. The Kier molecular flexibility index (Phi) is 9.26. The minimum absolute atomic E-state index is 0.0884. The maximum atomic E-state index is 13.1. The van der Waals surface area contributed by atoms with Crippen LogP contribution in [0.2, 0.25) is 0 Å². The summed E-state index contributed by atoms with van der Waals surface area (Å²) >= 11 is 0. The fourth-order valence-corrected chi connectivity index (χ4v) is 7.42. The van der Waals surface area contributed by atoms with Crippen molar-refractivity contribution in [1.82, 2.24) is 10.2 Å². The predicted molar refractivity (Wildman–Crippen MR) is 182 cm³/mol. The number of benzene rings is 4. The summed E-state index contributed by atoms with van der Waals surface area (Å²) in [6, 6.07) is 28.9. The zero-order chi connectivity index (χ0) is 33.9. The minimum Gasteiger partial charge on any atom is -0.508 e. The van der Waals surface area contributed by atoms with E-state index < -0.39 is 29.7 Å². The number of carbonyl (C=O) groups excluding carboxylic acids is 4. The number of rotatable bonds is 11. The Hall–Kier alpha value is -5.28. The second-order valence-corrected chi connectivity index (χ2v) is 12.9. The van der Waals surface area contributed by atoms with Crippen molar-refractivity contribution >= 4 is 23.6 Å². The summed E-state index contributed by atoms with van der Waals surface area (Å²) in [4.78, 5) is 50.8. The van der Waals surface area contributed by atoms with Crippen LogP contribution in [-0.4, -0.2) is 59.5 Å². The van der Waals surface area contributed by atoms with E-state index in [2.05, 4.69) is 47.8 Å². The lowest BCUT2D eigenvalue weighted by Crippen LogP contribution is -2.54. The molecule has 1 saturated heterocycles. The highest BCUT2D eigenvalue weighted by atomic mass is 16.5. The van der Waals surface area contributed by atoms with Gasteiger partial charge in [-0.15, -0.1) is 0 Å². The van der Waals surface area contributed by atoms with Gasteiger partial charge in [-0.2, -0.15) is 0 Å². The molecule has 0 bridgehead atoms. The highest BCUT2D eigenvalue weighted by molar-refractivity contribution is 6.23. The van der Waals surface area contributed by atoms with E-state index >= 15 is 0 Å². The molecule has 0 aromatic heterocycles. The molecule has 250 valence electrons. The van der Waals surface area contributed by atoms with Crippen molar-refractivity contribution < 1.29 is 33.8 Å². The van der Waals surface area contributed by atoms with Gasteiger partial charge in [-0.1, -0.05) is 54.6 Å². The van der Waals surface area contributed by atoms with Crippen LogP contribution in [0.3, 0.4) is 0 Å². The van der Waals surface area contributed by atoms with E-state index in [1.807, 2.05) is 30.3 Å². The summed E-state index contributed by atoms with van der Waals surface area (Å²) < 4.78 is 11.8. The number of hydrogen-bond acceptors (Lipinski definition) is 7. The van der Waals surface area contributed by atoms with Crippen molar-refractivity contribution in [3.63, 3.8) is 0 Å². The molecule has 0 saturated carbocycles. The lowest BCUT2D eigenvalue weighted by Gasteiger charge is -2.34. The zero-order valence-electron chi connectivity index (χ0n) is 27.1. The van der Waals surface area contributed by atoms with Crippen LogP contribution in [0, 0.1) is 0 Å². The van der Waals surface area contributed by atoms with Gasteiger partial charge in [-0.25, -0.2) is 0 Å². The Bertz CT molecular complexity index is 1890. The molecule has 2 heterocycles. The number of piperidine rings is 1. The van der Waals surface area contributed by atoms with Crippen LogP contribution in [0.1, 0.15) is 86.1 Å². The molecule has 4 aromatic carbocycles. The van der Waals surface area contributed by atoms with Gasteiger partial charge in [0.2, 0.25) is 11.8 Å². The SMILES string of the molecule is O=C1CCC(N2C(=O)c3ccc(CCCOCCOc4ccc([C@@H]5c6ccc(O)cc6CC[C@@H]5c5ccccc5)cc4)cc3C2=O)C(=O)N1. The fraction of sp³-hybridized carbons (Fsp3) is 0.300. The third-order valence-corrected chi connectivity index (χ3v) is 9.81. The van der Waals surface area contributed by atoms with E-state index in [0.29, 0.717) is 37.9 Å². The third-order valence-electron chi connectivity index (χ3n) is 9.81. The molecule has 0 radical (unpaired) electrons. The van der Waals surface area contributed by atoms with Crippen LogP contribution < -0.4 is 10.1 Å². The molecule has 3 atom stereocenters. The van der Waals surface area contributed by atoms with Gasteiger partial charge in [0.05, 0.1) is 17.7 Å². The van der Waals surface area contributed by atoms with Gasteiger partial charge in [0.15, 0.2) is 0 Å². The van der Waals surface area contributed by atoms with Gasteiger partial charge in [0.1, 0.15) is 24.1 Å². The zero-order valence-corrected chi connectivity index (χ0v) is 27.1. The maximum absolute atomic E-state index is 13.1. The van der Waals surface area contributed by atoms with E-state index in [1.54, 1.807) is 18.2 Å². The number of ether oxygens (including phenoxy) is 2. The van der Waals surface area contributed by atoms with Crippen molar-refractivity contribution in [1.29, 1.82) is 0 Å². The van der Waals surface area contributed by atoms with Crippen molar-refractivity contribution in [3.8, 4) is 11.5 Å². The van der Waals surface area contributed by atoms with E-state index in [9.17, 15) is 24.3 Å². The molecular formula is C40H38N2O7. The smallest absolute Gasteiger partial charge is 0.262 e. The van der Waals surface area contributed by atoms with E-state index in [4.69, 9.17) is 9.47 Å². The van der Waals surface area contributed by atoms with Crippen LogP contribution in [0.5, 0.6) is 11.5 Å². The summed E-state index contributed by atoms with van der Waals surface area (Å²) in [7, 11) is 0. The van der Waals surface area contributed by atoms with Gasteiger partial charge < -0.3 is 14.6 Å². The van der Waals surface area contributed by atoms with E-state index in [1.165, 1.54) is 22.3 Å². The number of phenolic OH excluding ortho intramolecular Hbond substituents is 1. The standard InChI is InChI=1S/C40H38N2O7/c43-29-12-17-32-28(24-29)11-16-31(26-6-2-1-3-7-26)37(32)27-9-13-30(14-10-27)49-22-21-48-20-4-5-25-8-15-33-34(23-25)40(47)42(39(33)46)35-18-19-36(44)41-38(35)45/h1-3,6-10,12-15,17,23-24,31,35,37,43H,4-5,11,16,18-22H2,(H,41,44,45)/t31-,35?,37+/m1/s1. The normalized spacial score (nSPS) is 20.2. The van der Waals surface area contributed by atoms with Crippen LogP contribution in [0.25, 0.3) is 0 Å². The topological polar surface area (TPSA) is 122 Å². The number of fused-ring (bicyclic) bond motifs is 2. The summed E-state index contributed by atoms with van der Waals surface area (Å²) in [5.74, 6) is -0.426. The number of carbonyl (C=O) groups is 4. The number of phenols is 1. The van der Waals surface area contributed by atoms with Crippen molar-refractivity contribution in [2.24, 2.45) is 0 Å². The molecule has 9 nitrogen and oxygen atoms in total. The average Bonchev–Trinajstić information content (AvgIpc) is 3.36. The van der Waals surface area contributed by atoms with Crippen LogP contribution >= 0.6 is 0 Å². The number of nitrogens with zero attached hydrogens (tertiary/aromatic N) is 1. The van der Waals surface area contributed by atoms with E-state index in [0.717, 1.165) is 35.5 Å². The van der Waals surface area contributed by atoms with Gasteiger partial charge in [0.25, 0.3) is 11.8 Å². The highest BCUT2D eigenvalue weighted by Crippen LogP contribution is 2.47. The lowest BCUT2D eigenvalue weighted by atomic mass is 9.69. The molecule has 0 spiro atoms. The molecule has 2 aliphatic heterocycles. The van der Waals surface area contributed by atoms with Crippen LogP contribution in [0.15, 0.2) is 91.0 Å². The Morgan fingerprint density at radius 2 is 1.55 bits per heavy atom. The van der Waals surface area contributed by atoms with Gasteiger partial charge in [-0.3, -0.25) is 29.4 Å². The largest absolute Gasteiger partial charge is 0.508 e. The molecule has 2 N–H and O–H groups in total. The molecular weight excluding hydrogens is 620 g/mol. The molecule has 4 aromatic rings. The number of aromatic hydroxyl groups is 1. The second kappa shape index (κ2) is 14.1. The molecule has 1 fully saturated rings. The molecule has 1 aliphatic carbocycles. The fourth-order valence-electron chi connectivity index (χ4n) is 7.42. The molecule has 1 unspecified atom stereocenters. The number of nitrogens with one attached hydrogen (secondary N) is 1. The first-order chi connectivity index (χ1) is 23.9. The van der Waals surface area contributed by atoms with E-state index in [-0.39, 0.29) is 29.9 Å². The molecule has 49 heavy (non-hydrogen) atoms. The Morgan fingerprint density at radius 3 is 2.35 bits per heavy atom. The van der Waals surface area contributed by atoms with Gasteiger partial charge in [-0.05, 0) is 102 Å². The van der Waals surface area contributed by atoms with Crippen LogP contribution in [-0.2, 0) is 27.2 Å². The molecule has 9 heteroatoms. The number of amides is 4. The lowest BCUT2D eigenvalue weighted by molar-refractivity contribution is -0.136. The first kappa shape index (κ1) is 32.3. The molecule has 3 aliphatic rings. The number of imide groups is 2. The molecule has 7 rings (SSSR count). The predicted octanol–water partition coefficient (Wildman–Crippen LogP) is 5.68. The summed E-state index contributed by atoms with van der Waals surface area (Å²) in [6.07, 6.45) is 3.53.